The lowest BCUT2D eigenvalue weighted by atomic mass is 9.99. The number of rotatable bonds is 9. The summed E-state index contributed by atoms with van der Waals surface area (Å²) >= 11 is 0. The van der Waals surface area contributed by atoms with E-state index >= 15 is 0 Å². The Hall–Kier alpha value is -2.10. The molecule has 1 atom stereocenters. The first-order valence-corrected chi connectivity index (χ1v) is 8.55. The maximum Gasteiger partial charge on any atom is 0.251 e. The van der Waals surface area contributed by atoms with Gasteiger partial charge in [-0.3, -0.25) is 4.79 Å². The number of carbonyl (C=O) groups is 1. The Morgan fingerprint density at radius 2 is 2.04 bits per heavy atom. The van der Waals surface area contributed by atoms with Crippen LogP contribution in [0, 0.1) is 5.92 Å². The molecule has 0 radical (unpaired) electrons. The molecule has 0 aliphatic carbocycles. The highest BCUT2D eigenvalue weighted by Crippen LogP contribution is 2.12. The lowest BCUT2D eigenvalue weighted by molar-refractivity contribution is 0.0946. The van der Waals surface area contributed by atoms with Crippen molar-refractivity contribution in [2.45, 2.75) is 46.1 Å². The first-order chi connectivity index (χ1) is 11.2. The molecule has 0 saturated heterocycles. The minimum absolute atomic E-state index is 0.0223. The van der Waals surface area contributed by atoms with E-state index in [0.717, 1.165) is 30.6 Å². The highest BCUT2D eigenvalue weighted by molar-refractivity contribution is 5.94. The Balaban J connectivity index is 1.84. The number of hydrogen-bond donors (Lipinski definition) is 1. The third-order valence-corrected chi connectivity index (χ3v) is 4.24. The van der Waals surface area contributed by atoms with Crippen LogP contribution in [0.15, 0.2) is 43.0 Å². The van der Waals surface area contributed by atoms with Gasteiger partial charge in [0.1, 0.15) is 0 Å². The predicted octanol–water partition coefficient (Wildman–Crippen LogP) is 3.88. The van der Waals surface area contributed by atoms with Crippen molar-refractivity contribution >= 4 is 5.91 Å². The molecule has 1 aromatic heterocycles. The third-order valence-electron chi connectivity index (χ3n) is 4.24. The number of amides is 1. The summed E-state index contributed by atoms with van der Waals surface area (Å²) in [6.07, 6.45) is 10.2. The Bertz CT molecular complexity index is 575. The van der Waals surface area contributed by atoms with Gasteiger partial charge in [-0.25, -0.2) is 4.98 Å². The first kappa shape index (κ1) is 17.3. The molecule has 23 heavy (non-hydrogen) atoms. The van der Waals surface area contributed by atoms with E-state index in [1.165, 1.54) is 19.3 Å². The molecule has 0 unspecified atom stereocenters. The number of nitrogens with one attached hydrogen (secondary N) is 1. The number of nitrogens with zero attached hydrogens (tertiary/aromatic N) is 2. The number of carbonyl (C=O) groups excluding carboxylic acids is 1. The topological polar surface area (TPSA) is 46.9 Å². The normalized spacial score (nSPS) is 12.1. The number of aromatic nitrogens is 2. The first-order valence-electron chi connectivity index (χ1n) is 8.55. The zero-order valence-electron chi connectivity index (χ0n) is 14.2. The van der Waals surface area contributed by atoms with Gasteiger partial charge in [-0.2, -0.15) is 0 Å². The summed E-state index contributed by atoms with van der Waals surface area (Å²) < 4.78 is 2.01. The van der Waals surface area contributed by atoms with Crippen LogP contribution >= 0.6 is 0 Å². The van der Waals surface area contributed by atoms with Crippen molar-refractivity contribution in [3.63, 3.8) is 0 Å². The quantitative estimate of drug-likeness (QED) is 0.763. The maximum atomic E-state index is 12.2. The van der Waals surface area contributed by atoms with E-state index in [1.807, 2.05) is 35.0 Å². The van der Waals surface area contributed by atoms with Gasteiger partial charge in [0.2, 0.25) is 0 Å². The van der Waals surface area contributed by atoms with E-state index < -0.39 is 0 Å². The van der Waals surface area contributed by atoms with Crippen LogP contribution in [0.2, 0.25) is 0 Å². The number of unbranched alkanes of at least 4 members (excludes halogenated alkanes) is 1. The van der Waals surface area contributed by atoms with Gasteiger partial charge in [-0.05, 0) is 30.0 Å². The summed E-state index contributed by atoms with van der Waals surface area (Å²) in [5, 5.41) is 3.07. The lowest BCUT2D eigenvalue weighted by Crippen LogP contribution is -2.29. The van der Waals surface area contributed by atoms with Gasteiger partial charge in [-0.1, -0.05) is 45.2 Å². The Morgan fingerprint density at radius 3 is 2.65 bits per heavy atom. The summed E-state index contributed by atoms with van der Waals surface area (Å²) in [5.74, 6) is 0.605. The van der Waals surface area contributed by atoms with Crippen molar-refractivity contribution in [2.24, 2.45) is 5.92 Å². The molecule has 0 aliphatic heterocycles. The minimum atomic E-state index is 0.0223. The smallest absolute Gasteiger partial charge is 0.251 e. The van der Waals surface area contributed by atoms with Crippen molar-refractivity contribution in [3.05, 3.63) is 54.1 Å². The SMILES string of the molecule is CCCC[C@H](CC)CNC(=O)c1ccc(Cn2ccnc2)cc1. The van der Waals surface area contributed by atoms with E-state index in [2.05, 4.69) is 24.1 Å². The van der Waals surface area contributed by atoms with E-state index in [-0.39, 0.29) is 5.91 Å². The van der Waals surface area contributed by atoms with Gasteiger partial charge in [-0.15, -0.1) is 0 Å². The van der Waals surface area contributed by atoms with Crippen molar-refractivity contribution in [2.75, 3.05) is 6.54 Å². The molecule has 1 N–H and O–H groups in total. The fourth-order valence-corrected chi connectivity index (χ4v) is 2.64. The molecule has 2 aromatic rings. The molecule has 0 bridgehead atoms. The lowest BCUT2D eigenvalue weighted by Gasteiger charge is -2.15. The van der Waals surface area contributed by atoms with Gasteiger partial charge < -0.3 is 9.88 Å². The van der Waals surface area contributed by atoms with Crippen molar-refractivity contribution < 1.29 is 4.79 Å². The summed E-state index contributed by atoms with van der Waals surface area (Å²) in [7, 11) is 0. The second kappa shape index (κ2) is 9.13. The number of hydrogen-bond acceptors (Lipinski definition) is 2. The van der Waals surface area contributed by atoms with Crippen LogP contribution in [0.4, 0.5) is 0 Å². The monoisotopic (exact) mass is 313 g/mol. The van der Waals surface area contributed by atoms with Crippen LogP contribution < -0.4 is 5.32 Å². The molecule has 4 heteroatoms. The summed E-state index contributed by atoms with van der Waals surface area (Å²) in [5.41, 5.74) is 1.89. The molecular weight excluding hydrogens is 286 g/mol. The Labute approximate surface area is 138 Å². The largest absolute Gasteiger partial charge is 0.352 e. The molecule has 2 rings (SSSR count). The van der Waals surface area contributed by atoms with Crippen LogP contribution in [-0.4, -0.2) is 22.0 Å². The van der Waals surface area contributed by atoms with E-state index in [1.54, 1.807) is 12.5 Å². The molecule has 0 spiro atoms. The second-order valence-corrected chi connectivity index (χ2v) is 6.06. The van der Waals surface area contributed by atoms with Crippen LogP contribution in [0.5, 0.6) is 0 Å². The van der Waals surface area contributed by atoms with E-state index in [0.29, 0.717) is 5.92 Å². The highest BCUT2D eigenvalue weighted by atomic mass is 16.1. The van der Waals surface area contributed by atoms with Crippen molar-refractivity contribution in [1.29, 1.82) is 0 Å². The van der Waals surface area contributed by atoms with Crippen LogP contribution in [0.1, 0.15) is 55.5 Å². The summed E-state index contributed by atoms with van der Waals surface area (Å²) in [6.45, 7) is 5.94. The molecule has 0 aliphatic rings. The van der Waals surface area contributed by atoms with Gasteiger partial charge in [0.25, 0.3) is 5.91 Å². The second-order valence-electron chi connectivity index (χ2n) is 6.06. The van der Waals surface area contributed by atoms with Gasteiger partial charge in [0, 0.05) is 31.0 Å². The standard InChI is InChI=1S/C19H27N3O/c1-3-5-6-16(4-2)13-21-19(23)18-9-7-17(8-10-18)14-22-12-11-20-15-22/h7-12,15-16H,3-6,13-14H2,1-2H3,(H,21,23)/t16-/m0/s1. The Morgan fingerprint density at radius 1 is 1.26 bits per heavy atom. The van der Waals surface area contributed by atoms with Crippen LogP contribution in [0.25, 0.3) is 0 Å². The van der Waals surface area contributed by atoms with Crippen molar-refractivity contribution in [3.8, 4) is 0 Å². The third kappa shape index (κ3) is 5.55. The van der Waals surface area contributed by atoms with E-state index in [9.17, 15) is 4.79 Å². The zero-order chi connectivity index (χ0) is 16.5. The Kier molecular flexibility index (Phi) is 6.85. The van der Waals surface area contributed by atoms with Gasteiger partial charge in [0.15, 0.2) is 0 Å². The molecule has 0 fully saturated rings. The summed E-state index contributed by atoms with van der Waals surface area (Å²) in [6, 6.07) is 7.80. The molecule has 4 nitrogen and oxygen atoms in total. The molecule has 1 aromatic carbocycles. The van der Waals surface area contributed by atoms with Gasteiger partial charge >= 0.3 is 0 Å². The average Bonchev–Trinajstić information content (AvgIpc) is 3.08. The maximum absolute atomic E-state index is 12.2. The van der Waals surface area contributed by atoms with Crippen LogP contribution in [-0.2, 0) is 6.54 Å². The molecule has 0 saturated carbocycles. The van der Waals surface area contributed by atoms with E-state index in [4.69, 9.17) is 0 Å². The fourth-order valence-electron chi connectivity index (χ4n) is 2.64. The average molecular weight is 313 g/mol. The van der Waals surface area contributed by atoms with Crippen molar-refractivity contribution in [1.82, 2.24) is 14.9 Å². The highest BCUT2D eigenvalue weighted by Gasteiger charge is 2.10. The van der Waals surface area contributed by atoms with Crippen LogP contribution in [0.3, 0.4) is 0 Å². The molecular formula is C19H27N3O. The minimum Gasteiger partial charge on any atom is -0.352 e. The molecule has 1 amide bonds. The summed E-state index contributed by atoms with van der Waals surface area (Å²) in [4.78, 5) is 16.3. The van der Waals surface area contributed by atoms with Gasteiger partial charge in [0.05, 0.1) is 6.33 Å². The molecule has 1 heterocycles. The predicted molar refractivity (Wildman–Crippen MR) is 93.4 cm³/mol. The number of imidazole rings is 1. The molecule has 124 valence electrons. The fraction of sp³-hybridized carbons (Fsp3) is 0.474. The zero-order valence-corrected chi connectivity index (χ0v) is 14.2. The number of benzene rings is 1.